The van der Waals surface area contributed by atoms with Gasteiger partial charge in [-0.2, -0.15) is 5.10 Å². The molecule has 6 nitrogen and oxygen atoms in total. The summed E-state index contributed by atoms with van der Waals surface area (Å²) >= 11 is 0. The van der Waals surface area contributed by atoms with E-state index >= 15 is 0 Å². The third kappa shape index (κ3) is 4.84. The Morgan fingerprint density at radius 2 is 1.59 bits per heavy atom. The van der Waals surface area contributed by atoms with Crippen LogP contribution in [-0.2, 0) is 16.4 Å². The number of para-hydroxylation sites is 1. The van der Waals surface area contributed by atoms with Gasteiger partial charge in [0.05, 0.1) is 11.4 Å². The molecule has 4 rings (SSSR count). The number of carbonyl (C=O) groups excluding carboxylic acids is 1. The zero-order chi connectivity index (χ0) is 24.3. The number of sulfone groups is 1. The standard InChI is InChI=1S/C27H25N3O3S/c1-4-18-30-26(27(31)28-22-8-6-5-7-9-22)24(20-12-10-19(2)11-13-20)25(29-30)21-14-16-23(17-15-21)34(3,32)33/h4-17H,1,18H2,2-3H3,(H,28,31). The Kier molecular flexibility index (Phi) is 6.47. The molecule has 0 unspecified atom stereocenters. The Bertz CT molecular complexity index is 1440. The zero-order valence-corrected chi connectivity index (χ0v) is 19.8. The van der Waals surface area contributed by atoms with E-state index in [9.17, 15) is 13.2 Å². The van der Waals surface area contributed by atoms with Crippen molar-refractivity contribution in [2.75, 3.05) is 11.6 Å². The van der Waals surface area contributed by atoms with Gasteiger partial charge in [-0.25, -0.2) is 8.42 Å². The molecule has 3 aromatic carbocycles. The second-order valence-corrected chi connectivity index (χ2v) is 10.0. The summed E-state index contributed by atoms with van der Waals surface area (Å²) in [7, 11) is -3.33. The molecule has 0 radical (unpaired) electrons. The zero-order valence-electron chi connectivity index (χ0n) is 19.0. The van der Waals surface area contributed by atoms with Crippen LogP contribution in [0.15, 0.2) is 96.4 Å². The number of hydrogen-bond donors (Lipinski definition) is 1. The molecule has 0 saturated heterocycles. The van der Waals surface area contributed by atoms with Crippen LogP contribution in [0.1, 0.15) is 16.1 Å². The molecular weight excluding hydrogens is 446 g/mol. The number of nitrogens with one attached hydrogen (secondary N) is 1. The number of anilines is 1. The van der Waals surface area contributed by atoms with Gasteiger partial charge >= 0.3 is 0 Å². The lowest BCUT2D eigenvalue weighted by Gasteiger charge is -2.10. The minimum atomic E-state index is -3.33. The number of benzene rings is 3. The molecule has 172 valence electrons. The number of nitrogens with zero attached hydrogens (tertiary/aromatic N) is 2. The average molecular weight is 472 g/mol. The van der Waals surface area contributed by atoms with Crippen molar-refractivity contribution >= 4 is 21.4 Å². The fourth-order valence-corrected chi connectivity index (χ4v) is 4.35. The number of allylic oxidation sites excluding steroid dienone is 1. The first-order valence-electron chi connectivity index (χ1n) is 10.7. The molecule has 0 atom stereocenters. The molecule has 7 heteroatoms. The lowest BCUT2D eigenvalue weighted by atomic mass is 9.97. The van der Waals surface area contributed by atoms with Gasteiger partial charge in [0.1, 0.15) is 11.4 Å². The van der Waals surface area contributed by atoms with E-state index in [2.05, 4.69) is 11.9 Å². The van der Waals surface area contributed by atoms with Gasteiger partial charge < -0.3 is 5.32 Å². The molecule has 1 N–H and O–H groups in total. The summed E-state index contributed by atoms with van der Waals surface area (Å²) in [6.07, 6.45) is 2.85. The Hall–Kier alpha value is -3.97. The van der Waals surface area contributed by atoms with Gasteiger partial charge in [0.15, 0.2) is 9.84 Å². The summed E-state index contributed by atoms with van der Waals surface area (Å²) in [5, 5.41) is 7.72. The topological polar surface area (TPSA) is 81.1 Å². The molecule has 0 saturated carbocycles. The monoisotopic (exact) mass is 471 g/mol. The molecule has 0 aliphatic heterocycles. The molecule has 4 aromatic rings. The van der Waals surface area contributed by atoms with Crippen molar-refractivity contribution in [3.63, 3.8) is 0 Å². The van der Waals surface area contributed by atoms with Crippen molar-refractivity contribution < 1.29 is 13.2 Å². The molecule has 0 bridgehead atoms. The summed E-state index contributed by atoms with van der Waals surface area (Å²) in [6.45, 7) is 6.15. The van der Waals surface area contributed by atoms with Crippen molar-refractivity contribution in [1.29, 1.82) is 0 Å². The lowest BCUT2D eigenvalue weighted by Crippen LogP contribution is -2.18. The first-order valence-corrected chi connectivity index (χ1v) is 12.6. The summed E-state index contributed by atoms with van der Waals surface area (Å²) < 4.78 is 25.5. The van der Waals surface area contributed by atoms with Gasteiger partial charge in [0, 0.05) is 23.1 Å². The quantitative estimate of drug-likeness (QED) is 0.368. The number of hydrogen-bond acceptors (Lipinski definition) is 4. The Morgan fingerprint density at radius 1 is 0.971 bits per heavy atom. The molecule has 0 aliphatic rings. The highest BCUT2D eigenvalue weighted by Gasteiger charge is 2.25. The molecule has 34 heavy (non-hydrogen) atoms. The highest BCUT2D eigenvalue weighted by molar-refractivity contribution is 7.90. The van der Waals surface area contributed by atoms with Crippen LogP contribution in [0.5, 0.6) is 0 Å². The molecule has 1 amide bonds. The smallest absolute Gasteiger partial charge is 0.274 e. The van der Waals surface area contributed by atoms with Crippen molar-refractivity contribution in [3.05, 3.63) is 103 Å². The Morgan fingerprint density at radius 3 is 2.18 bits per heavy atom. The summed E-state index contributed by atoms with van der Waals surface area (Å²) in [4.78, 5) is 13.7. The van der Waals surface area contributed by atoms with E-state index in [0.29, 0.717) is 34.7 Å². The van der Waals surface area contributed by atoms with Crippen molar-refractivity contribution in [1.82, 2.24) is 9.78 Å². The third-order valence-electron chi connectivity index (χ3n) is 5.40. The molecule has 0 aliphatic carbocycles. The van der Waals surface area contributed by atoms with Gasteiger partial charge in [-0.05, 0) is 36.8 Å². The number of rotatable bonds is 7. The predicted octanol–water partition coefficient (Wildman–Crippen LogP) is 5.37. The van der Waals surface area contributed by atoms with Crippen LogP contribution in [0, 0.1) is 6.92 Å². The van der Waals surface area contributed by atoms with Gasteiger partial charge in [0.25, 0.3) is 5.91 Å². The van der Waals surface area contributed by atoms with E-state index in [4.69, 9.17) is 5.10 Å². The average Bonchev–Trinajstić information content (AvgIpc) is 3.19. The van der Waals surface area contributed by atoms with Crippen LogP contribution in [0.4, 0.5) is 5.69 Å². The third-order valence-corrected chi connectivity index (χ3v) is 6.53. The lowest BCUT2D eigenvalue weighted by molar-refractivity contribution is 0.101. The van der Waals surface area contributed by atoms with Crippen LogP contribution >= 0.6 is 0 Å². The summed E-state index contributed by atoms with van der Waals surface area (Å²) in [5.41, 5.74) is 4.96. The maximum Gasteiger partial charge on any atom is 0.274 e. The van der Waals surface area contributed by atoms with Crippen LogP contribution in [0.25, 0.3) is 22.4 Å². The van der Waals surface area contributed by atoms with E-state index in [0.717, 1.165) is 11.1 Å². The molecular formula is C27H25N3O3S. The fourth-order valence-electron chi connectivity index (χ4n) is 3.71. The summed E-state index contributed by atoms with van der Waals surface area (Å²) in [5.74, 6) is -0.296. The minimum Gasteiger partial charge on any atom is -0.321 e. The summed E-state index contributed by atoms with van der Waals surface area (Å²) in [6, 6.07) is 23.7. The maximum absolute atomic E-state index is 13.5. The van der Waals surface area contributed by atoms with Crippen molar-refractivity contribution in [2.24, 2.45) is 0 Å². The number of carbonyl (C=O) groups is 1. The van der Waals surface area contributed by atoms with E-state index in [1.807, 2.05) is 61.5 Å². The number of amides is 1. The van der Waals surface area contributed by atoms with E-state index in [1.165, 1.54) is 6.26 Å². The SMILES string of the molecule is C=CCn1nc(-c2ccc(S(C)(=O)=O)cc2)c(-c2ccc(C)cc2)c1C(=O)Nc1ccccc1. The van der Waals surface area contributed by atoms with E-state index < -0.39 is 9.84 Å². The van der Waals surface area contributed by atoms with Gasteiger partial charge in [0.2, 0.25) is 0 Å². The molecule has 0 spiro atoms. The second-order valence-electron chi connectivity index (χ2n) is 8.03. The molecule has 0 fully saturated rings. The second kappa shape index (κ2) is 9.49. The normalized spacial score (nSPS) is 11.2. The number of aryl methyl sites for hydroxylation is 1. The first kappa shape index (κ1) is 23.2. The van der Waals surface area contributed by atoms with Crippen molar-refractivity contribution in [3.8, 4) is 22.4 Å². The van der Waals surface area contributed by atoms with Gasteiger partial charge in [-0.15, -0.1) is 6.58 Å². The largest absolute Gasteiger partial charge is 0.321 e. The molecule has 1 aromatic heterocycles. The maximum atomic E-state index is 13.5. The first-order chi connectivity index (χ1) is 16.3. The Labute approximate surface area is 199 Å². The van der Waals surface area contributed by atoms with Crippen LogP contribution < -0.4 is 5.32 Å². The van der Waals surface area contributed by atoms with E-state index in [-0.39, 0.29) is 10.8 Å². The van der Waals surface area contributed by atoms with Crippen LogP contribution in [0.2, 0.25) is 0 Å². The van der Waals surface area contributed by atoms with Gasteiger partial charge in [-0.1, -0.05) is 66.2 Å². The minimum absolute atomic E-state index is 0.223. The highest BCUT2D eigenvalue weighted by Crippen LogP contribution is 2.36. The fraction of sp³-hybridized carbons (Fsp3) is 0.111. The van der Waals surface area contributed by atoms with E-state index in [1.54, 1.807) is 35.0 Å². The Balaban J connectivity index is 1.92. The molecule has 1 heterocycles. The predicted molar refractivity (Wildman–Crippen MR) is 136 cm³/mol. The van der Waals surface area contributed by atoms with Crippen molar-refractivity contribution in [2.45, 2.75) is 18.4 Å². The van der Waals surface area contributed by atoms with Crippen LogP contribution in [-0.4, -0.2) is 30.4 Å². The number of aromatic nitrogens is 2. The van der Waals surface area contributed by atoms with Crippen LogP contribution in [0.3, 0.4) is 0 Å². The highest BCUT2D eigenvalue weighted by atomic mass is 32.2. The van der Waals surface area contributed by atoms with Gasteiger partial charge in [-0.3, -0.25) is 9.48 Å².